The second-order valence-corrected chi connectivity index (χ2v) is 3.81. The summed E-state index contributed by atoms with van der Waals surface area (Å²) in [6, 6.07) is 3.46. The maximum Gasteiger partial charge on any atom is 0.271 e. The van der Waals surface area contributed by atoms with Crippen LogP contribution in [0.4, 0.5) is 0 Å². The summed E-state index contributed by atoms with van der Waals surface area (Å²) in [5.74, 6) is 0.175. The Hall–Kier alpha value is -1.69. The van der Waals surface area contributed by atoms with E-state index in [1.54, 1.807) is 19.2 Å². The summed E-state index contributed by atoms with van der Waals surface area (Å²) < 4.78 is 5.50. The SMILES string of the molecule is CNC(=O)c1ccc(OC2CC(N)C2)nn1. The Morgan fingerprint density at radius 2 is 2.25 bits per heavy atom. The fraction of sp³-hybridized carbons (Fsp3) is 0.500. The van der Waals surface area contributed by atoms with Crippen molar-refractivity contribution in [1.29, 1.82) is 0 Å². The molecule has 1 aromatic rings. The molecular formula is C10H14N4O2. The number of hydrogen-bond donors (Lipinski definition) is 2. The first-order chi connectivity index (χ1) is 7.69. The Morgan fingerprint density at radius 1 is 1.50 bits per heavy atom. The van der Waals surface area contributed by atoms with Crippen molar-refractivity contribution in [3.8, 4) is 5.88 Å². The monoisotopic (exact) mass is 222 g/mol. The van der Waals surface area contributed by atoms with Crippen molar-refractivity contribution in [3.63, 3.8) is 0 Å². The van der Waals surface area contributed by atoms with Crippen molar-refractivity contribution in [2.75, 3.05) is 7.05 Å². The molecule has 16 heavy (non-hydrogen) atoms. The highest BCUT2D eigenvalue weighted by atomic mass is 16.5. The molecule has 86 valence electrons. The summed E-state index contributed by atoms with van der Waals surface area (Å²) >= 11 is 0. The summed E-state index contributed by atoms with van der Waals surface area (Å²) in [6.07, 6.45) is 1.83. The average Bonchev–Trinajstić information content (AvgIpc) is 2.27. The number of amides is 1. The van der Waals surface area contributed by atoms with Gasteiger partial charge >= 0.3 is 0 Å². The Labute approximate surface area is 93.2 Å². The fourth-order valence-electron chi connectivity index (χ4n) is 1.51. The standard InChI is InChI=1S/C10H14N4O2/c1-12-10(15)8-2-3-9(14-13-8)16-7-4-6(11)5-7/h2-3,6-7H,4-5,11H2,1H3,(H,12,15). The van der Waals surface area contributed by atoms with Gasteiger partial charge in [-0.15, -0.1) is 10.2 Å². The molecule has 0 saturated heterocycles. The molecule has 1 aromatic heterocycles. The third kappa shape index (κ3) is 2.27. The van der Waals surface area contributed by atoms with Crippen LogP contribution in [0, 0.1) is 0 Å². The number of rotatable bonds is 3. The maximum absolute atomic E-state index is 11.2. The molecule has 1 heterocycles. The zero-order chi connectivity index (χ0) is 11.5. The quantitative estimate of drug-likeness (QED) is 0.733. The zero-order valence-electron chi connectivity index (χ0n) is 9.01. The summed E-state index contributed by atoms with van der Waals surface area (Å²) in [4.78, 5) is 11.2. The van der Waals surface area contributed by atoms with Gasteiger partial charge in [0, 0.05) is 19.2 Å². The molecule has 1 amide bonds. The molecule has 6 nitrogen and oxygen atoms in total. The van der Waals surface area contributed by atoms with E-state index in [1.807, 2.05) is 0 Å². The van der Waals surface area contributed by atoms with Crippen molar-refractivity contribution in [1.82, 2.24) is 15.5 Å². The molecule has 0 aromatic carbocycles. The van der Waals surface area contributed by atoms with Gasteiger partial charge in [-0.05, 0) is 18.9 Å². The Kier molecular flexibility index (Phi) is 3.00. The lowest BCUT2D eigenvalue weighted by Crippen LogP contribution is -2.43. The van der Waals surface area contributed by atoms with Gasteiger partial charge in [-0.1, -0.05) is 0 Å². The van der Waals surface area contributed by atoms with Crippen molar-refractivity contribution >= 4 is 5.91 Å². The van der Waals surface area contributed by atoms with Crippen LogP contribution < -0.4 is 15.8 Å². The third-order valence-electron chi connectivity index (χ3n) is 2.52. The second kappa shape index (κ2) is 4.44. The first kappa shape index (κ1) is 10.8. The molecular weight excluding hydrogens is 208 g/mol. The van der Waals surface area contributed by atoms with Crippen LogP contribution in [0.2, 0.25) is 0 Å². The van der Waals surface area contributed by atoms with E-state index in [9.17, 15) is 4.79 Å². The van der Waals surface area contributed by atoms with Gasteiger partial charge < -0.3 is 15.8 Å². The number of nitrogens with zero attached hydrogens (tertiary/aromatic N) is 2. The van der Waals surface area contributed by atoms with E-state index in [-0.39, 0.29) is 23.7 Å². The van der Waals surface area contributed by atoms with Crippen LogP contribution in [-0.2, 0) is 0 Å². The summed E-state index contributed by atoms with van der Waals surface area (Å²) in [5, 5.41) is 10.1. The van der Waals surface area contributed by atoms with Gasteiger partial charge in [-0.2, -0.15) is 0 Å². The van der Waals surface area contributed by atoms with Gasteiger partial charge in [0.1, 0.15) is 6.10 Å². The molecule has 1 fully saturated rings. The van der Waals surface area contributed by atoms with Crippen LogP contribution in [0.3, 0.4) is 0 Å². The van der Waals surface area contributed by atoms with Gasteiger partial charge in [0.05, 0.1) is 0 Å². The lowest BCUT2D eigenvalue weighted by atomic mass is 9.90. The van der Waals surface area contributed by atoms with E-state index in [1.165, 1.54) is 0 Å². The van der Waals surface area contributed by atoms with Crippen LogP contribution >= 0.6 is 0 Å². The largest absolute Gasteiger partial charge is 0.473 e. The predicted molar refractivity (Wildman–Crippen MR) is 57.0 cm³/mol. The molecule has 0 unspecified atom stereocenters. The van der Waals surface area contributed by atoms with E-state index in [4.69, 9.17) is 10.5 Å². The molecule has 1 aliphatic carbocycles. The Bertz CT molecular complexity index is 373. The summed E-state index contributed by atoms with van der Waals surface area (Å²) in [6.45, 7) is 0. The second-order valence-electron chi connectivity index (χ2n) is 3.81. The van der Waals surface area contributed by atoms with Crippen LogP contribution in [0.25, 0.3) is 0 Å². The van der Waals surface area contributed by atoms with Crippen molar-refractivity contribution in [2.24, 2.45) is 5.73 Å². The highest BCUT2D eigenvalue weighted by Gasteiger charge is 2.28. The molecule has 1 saturated carbocycles. The highest BCUT2D eigenvalue weighted by Crippen LogP contribution is 2.22. The molecule has 3 N–H and O–H groups in total. The number of carbonyl (C=O) groups excluding carboxylic acids is 1. The zero-order valence-corrected chi connectivity index (χ0v) is 9.01. The number of carbonyl (C=O) groups is 1. The van der Waals surface area contributed by atoms with E-state index < -0.39 is 0 Å². The van der Waals surface area contributed by atoms with E-state index in [0.717, 1.165) is 12.8 Å². The number of nitrogens with two attached hydrogens (primary N) is 1. The summed E-state index contributed by atoms with van der Waals surface area (Å²) in [7, 11) is 1.55. The smallest absolute Gasteiger partial charge is 0.271 e. The topological polar surface area (TPSA) is 90.1 Å². The Balaban J connectivity index is 1.94. The van der Waals surface area contributed by atoms with Crippen LogP contribution in [0.1, 0.15) is 23.3 Å². The molecule has 0 atom stereocenters. The molecule has 1 aliphatic rings. The van der Waals surface area contributed by atoms with Crippen molar-refractivity contribution in [3.05, 3.63) is 17.8 Å². The van der Waals surface area contributed by atoms with E-state index >= 15 is 0 Å². The first-order valence-corrected chi connectivity index (χ1v) is 5.17. The molecule has 0 spiro atoms. The lowest BCUT2D eigenvalue weighted by molar-refractivity contribution is 0.0932. The highest BCUT2D eigenvalue weighted by molar-refractivity contribution is 5.91. The van der Waals surface area contributed by atoms with Crippen molar-refractivity contribution < 1.29 is 9.53 Å². The molecule has 0 radical (unpaired) electrons. The lowest BCUT2D eigenvalue weighted by Gasteiger charge is -2.31. The maximum atomic E-state index is 11.2. The normalized spacial score (nSPS) is 23.4. The first-order valence-electron chi connectivity index (χ1n) is 5.17. The van der Waals surface area contributed by atoms with Crippen LogP contribution in [0.5, 0.6) is 5.88 Å². The predicted octanol–water partition coefficient (Wildman–Crippen LogP) is -0.295. The third-order valence-corrected chi connectivity index (χ3v) is 2.52. The fourth-order valence-corrected chi connectivity index (χ4v) is 1.51. The van der Waals surface area contributed by atoms with E-state index in [0.29, 0.717) is 5.88 Å². The molecule has 6 heteroatoms. The number of hydrogen-bond acceptors (Lipinski definition) is 5. The van der Waals surface area contributed by atoms with Gasteiger partial charge in [-0.25, -0.2) is 0 Å². The molecule has 0 bridgehead atoms. The minimum atomic E-state index is -0.260. The molecule has 0 aliphatic heterocycles. The number of nitrogens with one attached hydrogen (secondary N) is 1. The minimum absolute atomic E-state index is 0.134. The summed E-state index contributed by atoms with van der Waals surface area (Å²) in [5.41, 5.74) is 5.91. The minimum Gasteiger partial charge on any atom is -0.473 e. The Morgan fingerprint density at radius 3 is 2.75 bits per heavy atom. The number of aromatic nitrogens is 2. The van der Waals surface area contributed by atoms with Crippen LogP contribution in [0.15, 0.2) is 12.1 Å². The van der Waals surface area contributed by atoms with E-state index in [2.05, 4.69) is 15.5 Å². The number of ether oxygens (including phenoxy) is 1. The average molecular weight is 222 g/mol. The van der Waals surface area contributed by atoms with Crippen molar-refractivity contribution in [2.45, 2.75) is 25.0 Å². The molecule has 2 rings (SSSR count). The van der Waals surface area contributed by atoms with Gasteiger partial charge in [0.25, 0.3) is 5.91 Å². The van der Waals surface area contributed by atoms with Gasteiger partial charge in [-0.3, -0.25) is 4.79 Å². The van der Waals surface area contributed by atoms with Gasteiger partial charge in [0.15, 0.2) is 5.69 Å². The van der Waals surface area contributed by atoms with Gasteiger partial charge in [0.2, 0.25) is 5.88 Å². The van der Waals surface area contributed by atoms with Crippen LogP contribution in [-0.4, -0.2) is 35.3 Å².